The number of rotatable bonds is 6. The Morgan fingerprint density at radius 2 is 2.25 bits per heavy atom. The monoisotopic (exact) mass is 291 g/mol. The Bertz CT molecular complexity index is 592. The van der Waals surface area contributed by atoms with Gasteiger partial charge in [-0.15, -0.1) is 11.3 Å². The Labute approximate surface area is 122 Å². The Kier molecular flexibility index (Phi) is 4.74. The van der Waals surface area contributed by atoms with Crippen LogP contribution in [-0.2, 0) is 17.8 Å². The minimum Gasteiger partial charge on any atom is -0.486 e. The van der Waals surface area contributed by atoms with Gasteiger partial charge in [-0.25, -0.2) is 4.98 Å². The third kappa shape index (κ3) is 4.06. The highest BCUT2D eigenvalue weighted by atomic mass is 32.1. The minimum atomic E-state index is -0.868. The first-order chi connectivity index (χ1) is 9.54. The molecular weight excluding hydrogens is 274 g/mol. The van der Waals surface area contributed by atoms with Crippen molar-refractivity contribution in [1.29, 1.82) is 0 Å². The molecule has 0 unspecified atom stereocenters. The molecule has 0 aliphatic heterocycles. The van der Waals surface area contributed by atoms with Gasteiger partial charge in [0.05, 0.1) is 12.1 Å². The number of hydrogen-bond donors (Lipinski definition) is 1. The zero-order chi connectivity index (χ0) is 14.5. The zero-order valence-corrected chi connectivity index (χ0v) is 12.3. The molecule has 20 heavy (non-hydrogen) atoms. The molecule has 106 valence electrons. The van der Waals surface area contributed by atoms with E-state index in [9.17, 15) is 4.79 Å². The van der Waals surface area contributed by atoms with E-state index in [2.05, 4.69) is 24.9 Å². The molecule has 0 bridgehead atoms. The van der Waals surface area contributed by atoms with E-state index < -0.39 is 5.97 Å². The van der Waals surface area contributed by atoms with Gasteiger partial charge in [0.1, 0.15) is 17.4 Å². The largest absolute Gasteiger partial charge is 0.486 e. The lowest BCUT2D eigenvalue weighted by atomic mass is 10.0. The van der Waals surface area contributed by atoms with Crippen LogP contribution in [0.3, 0.4) is 0 Å². The molecule has 0 fully saturated rings. The fourth-order valence-corrected chi connectivity index (χ4v) is 2.46. The third-order valence-electron chi connectivity index (χ3n) is 2.82. The van der Waals surface area contributed by atoms with Gasteiger partial charge in [-0.3, -0.25) is 4.79 Å². The van der Waals surface area contributed by atoms with Crippen molar-refractivity contribution in [3.05, 3.63) is 45.9 Å². The summed E-state index contributed by atoms with van der Waals surface area (Å²) in [5.41, 5.74) is 1.81. The number of ether oxygens (including phenoxy) is 1. The van der Waals surface area contributed by atoms with E-state index in [-0.39, 0.29) is 6.42 Å². The average Bonchev–Trinajstić information content (AvgIpc) is 2.83. The number of carbonyl (C=O) groups is 1. The van der Waals surface area contributed by atoms with Crippen LogP contribution in [0.2, 0.25) is 0 Å². The quantitative estimate of drug-likeness (QED) is 0.885. The van der Waals surface area contributed by atoms with Crippen LogP contribution in [0.15, 0.2) is 29.6 Å². The van der Waals surface area contributed by atoms with Crippen molar-refractivity contribution in [2.75, 3.05) is 0 Å². The lowest BCUT2D eigenvalue weighted by molar-refractivity contribution is -0.136. The van der Waals surface area contributed by atoms with Crippen LogP contribution < -0.4 is 4.74 Å². The fourth-order valence-electron chi connectivity index (χ4n) is 1.76. The summed E-state index contributed by atoms with van der Waals surface area (Å²) < 4.78 is 5.70. The second-order valence-corrected chi connectivity index (χ2v) is 5.76. The van der Waals surface area contributed by atoms with E-state index in [4.69, 9.17) is 9.84 Å². The molecule has 0 spiro atoms. The van der Waals surface area contributed by atoms with Gasteiger partial charge in [0.25, 0.3) is 0 Å². The summed E-state index contributed by atoms with van der Waals surface area (Å²) in [7, 11) is 0. The first kappa shape index (κ1) is 14.5. The van der Waals surface area contributed by atoms with E-state index in [0.717, 1.165) is 10.8 Å². The van der Waals surface area contributed by atoms with Crippen LogP contribution in [0.1, 0.15) is 36.0 Å². The molecule has 5 heteroatoms. The Morgan fingerprint density at radius 1 is 1.45 bits per heavy atom. The normalized spacial score (nSPS) is 10.8. The van der Waals surface area contributed by atoms with Crippen molar-refractivity contribution in [3.63, 3.8) is 0 Å². The highest BCUT2D eigenvalue weighted by molar-refractivity contribution is 7.09. The van der Waals surface area contributed by atoms with Crippen molar-refractivity contribution >= 4 is 17.3 Å². The van der Waals surface area contributed by atoms with Gasteiger partial charge in [0.2, 0.25) is 0 Å². The predicted octanol–water partition coefficient (Wildman–Crippen LogP) is 3.47. The van der Waals surface area contributed by atoms with Crippen molar-refractivity contribution in [2.45, 2.75) is 32.8 Å². The number of aliphatic carboxylic acids is 1. The lowest BCUT2D eigenvalue weighted by Gasteiger charge is -2.08. The maximum absolute atomic E-state index is 10.6. The maximum Gasteiger partial charge on any atom is 0.309 e. The molecule has 1 aromatic carbocycles. The molecule has 0 aliphatic carbocycles. The van der Waals surface area contributed by atoms with Gasteiger partial charge in [0.15, 0.2) is 0 Å². The molecule has 4 nitrogen and oxygen atoms in total. The molecule has 1 heterocycles. The zero-order valence-electron chi connectivity index (χ0n) is 11.5. The summed E-state index contributed by atoms with van der Waals surface area (Å²) in [5.74, 6) is 0.402. The summed E-state index contributed by atoms with van der Waals surface area (Å²) >= 11 is 1.42. The third-order valence-corrected chi connectivity index (χ3v) is 3.69. The van der Waals surface area contributed by atoms with Crippen LogP contribution in [0.25, 0.3) is 0 Å². The smallest absolute Gasteiger partial charge is 0.309 e. The maximum atomic E-state index is 10.6. The topological polar surface area (TPSA) is 59.4 Å². The number of benzene rings is 1. The van der Waals surface area contributed by atoms with Crippen LogP contribution in [0.5, 0.6) is 5.75 Å². The highest BCUT2D eigenvalue weighted by Gasteiger charge is 2.07. The van der Waals surface area contributed by atoms with Gasteiger partial charge < -0.3 is 9.84 Å². The van der Waals surface area contributed by atoms with E-state index in [1.165, 1.54) is 16.9 Å². The van der Waals surface area contributed by atoms with E-state index >= 15 is 0 Å². The van der Waals surface area contributed by atoms with Gasteiger partial charge >= 0.3 is 5.97 Å². The minimum absolute atomic E-state index is 0.0423. The lowest BCUT2D eigenvalue weighted by Crippen LogP contribution is -2.01. The van der Waals surface area contributed by atoms with Crippen molar-refractivity contribution in [3.8, 4) is 5.75 Å². The molecule has 0 amide bonds. The predicted molar refractivity (Wildman–Crippen MR) is 78.3 cm³/mol. The van der Waals surface area contributed by atoms with Crippen molar-refractivity contribution in [1.82, 2.24) is 4.98 Å². The second kappa shape index (κ2) is 6.52. The number of hydrogen-bond acceptors (Lipinski definition) is 4. The molecule has 2 aromatic rings. The molecule has 1 aromatic heterocycles. The van der Waals surface area contributed by atoms with E-state index in [1.54, 1.807) is 5.38 Å². The van der Waals surface area contributed by atoms with Gasteiger partial charge in [-0.2, -0.15) is 0 Å². The second-order valence-electron chi connectivity index (χ2n) is 4.82. The summed E-state index contributed by atoms with van der Waals surface area (Å²) in [6.07, 6.45) is -0.0423. The molecule has 2 rings (SSSR count). The number of carboxylic acids is 1. The number of thiazole rings is 1. The van der Waals surface area contributed by atoms with E-state index in [0.29, 0.717) is 18.2 Å². The first-order valence-electron chi connectivity index (χ1n) is 6.42. The summed E-state index contributed by atoms with van der Waals surface area (Å²) in [4.78, 5) is 14.8. The van der Waals surface area contributed by atoms with Crippen molar-refractivity contribution < 1.29 is 14.6 Å². The summed E-state index contributed by atoms with van der Waals surface area (Å²) in [5, 5.41) is 11.2. The molecule has 0 saturated carbocycles. The number of aromatic nitrogens is 1. The molecule has 1 N–H and O–H groups in total. The van der Waals surface area contributed by atoms with E-state index in [1.807, 2.05) is 18.2 Å². The van der Waals surface area contributed by atoms with Gasteiger partial charge in [-0.1, -0.05) is 26.0 Å². The molecule has 0 atom stereocenters. The van der Waals surface area contributed by atoms with Crippen molar-refractivity contribution in [2.24, 2.45) is 0 Å². The number of carboxylic acid groups (broad SMARTS) is 1. The van der Waals surface area contributed by atoms with Gasteiger partial charge in [0, 0.05) is 5.38 Å². The molecule has 0 radical (unpaired) electrons. The van der Waals surface area contributed by atoms with Crippen LogP contribution in [0, 0.1) is 0 Å². The molecular formula is C15H17NO3S. The first-order valence-corrected chi connectivity index (χ1v) is 7.30. The summed E-state index contributed by atoms with van der Waals surface area (Å²) in [6, 6.07) is 7.99. The molecule has 0 saturated heterocycles. The number of nitrogens with zero attached hydrogens (tertiary/aromatic N) is 1. The Morgan fingerprint density at radius 3 is 2.95 bits per heavy atom. The van der Waals surface area contributed by atoms with Crippen LogP contribution in [-0.4, -0.2) is 16.1 Å². The summed E-state index contributed by atoms with van der Waals surface area (Å²) in [6.45, 7) is 4.64. The standard InChI is InChI=1S/C15H17NO3S/c1-10(2)11-4-3-5-13(6-11)19-8-14-16-12(9-20-14)7-15(17)18/h3-6,9-10H,7-8H2,1-2H3,(H,17,18). The molecule has 0 aliphatic rings. The SMILES string of the molecule is CC(C)c1cccc(OCc2nc(CC(=O)O)cs2)c1. The Balaban J connectivity index is 1.96. The fraction of sp³-hybridized carbons (Fsp3) is 0.333. The highest BCUT2D eigenvalue weighted by Crippen LogP contribution is 2.21. The van der Waals surface area contributed by atoms with Crippen LogP contribution >= 0.6 is 11.3 Å². The average molecular weight is 291 g/mol. The van der Waals surface area contributed by atoms with Gasteiger partial charge in [-0.05, 0) is 23.6 Å². The van der Waals surface area contributed by atoms with Crippen LogP contribution in [0.4, 0.5) is 0 Å². The Hall–Kier alpha value is -1.88.